The summed E-state index contributed by atoms with van der Waals surface area (Å²) < 4.78 is 7.91. The van der Waals surface area contributed by atoms with Crippen LogP contribution in [0.15, 0.2) is 12.4 Å². The summed E-state index contributed by atoms with van der Waals surface area (Å²) in [6.45, 7) is 0.885. The molecule has 0 spiro atoms. The van der Waals surface area contributed by atoms with Crippen LogP contribution >= 0.6 is 11.8 Å². The molecule has 0 amide bonds. The van der Waals surface area contributed by atoms with E-state index in [4.69, 9.17) is 4.74 Å². The molecule has 4 nitrogen and oxygen atoms in total. The van der Waals surface area contributed by atoms with E-state index in [1.54, 1.807) is 0 Å². The monoisotopic (exact) mass is 255 g/mol. The van der Waals surface area contributed by atoms with Crippen molar-refractivity contribution in [2.45, 2.75) is 25.0 Å². The minimum Gasteiger partial charge on any atom is -0.375 e. The van der Waals surface area contributed by atoms with Gasteiger partial charge < -0.3 is 14.6 Å². The molecule has 1 aliphatic heterocycles. The Bertz CT molecular complexity index is 336. The number of ether oxygens (including phenoxy) is 1. The summed E-state index contributed by atoms with van der Waals surface area (Å²) in [5.41, 5.74) is 0. The van der Waals surface area contributed by atoms with E-state index in [2.05, 4.69) is 14.9 Å². The summed E-state index contributed by atoms with van der Waals surface area (Å²) in [5, 5.41) is 3.38. The van der Waals surface area contributed by atoms with Crippen molar-refractivity contribution in [1.82, 2.24) is 14.9 Å². The van der Waals surface area contributed by atoms with Gasteiger partial charge in [0.15, 0.2) is 0 Å². The van der Waals surface area contributed by atoms with Crippen LogP contribution in [0, 0.1) is 0 Å². The summed E-state index contributed by atoms with van der Waals surface area (Å²) in [4.78, 5) is 4.36. The van der Waals surface area contributed by atoms with Crippen LogP contribution in [0.2, 0.25) is 0 Å². The van der Waals surface area contributed by atoms with Crippen molar-refractivity contribution in [3.05, 3.63) is 18.2 Å². The van der Waals surface area contributed by atoms with Gasteiger partial charge >= 0.3 is 0 Å². The molecule has 1 saturated heterocycles. The first-order valence-electron chi connectivity index (χ1n) is 6.14. The van der Waals surface area contributed by atoms with E-state index in [0.717, 1.165) is 36.8 Å². The molecular weight excluding hydrogens is 234 g/mol. The molecular formula is C12H21N3OS. The average Bonchev–Trinajstić information content (AvgIpc) is 2.77. The Balaban J connectivity index is 1.84. The predicted octanol–water partition coefficient (Wildman–Crippen LogP) is 1.07. The van der Waals surface area contributed by atoms with Crippen LogP contribution in [0.5, 0.6) is 0 Å². The fourth-order valence-corrected chi connectivity index (χ4v) is 3.12. The predicted molar refractivity (Wildman–Crippen MR) is 71.4 cm³/mol. The quantitative estimate of drug-likeness (QED) is 0.854. The molecule has 17 heavy (non-hydrogen) atoms. The third-order valence-electron chi connectivity index (χ3n) is 3.26. The van der Waals surface area contributed by atoms with Crippen LogP contribution < -0.4 is 5.32 Å². The van der Waals surface area contributed by atoms with E-state index in [-0.39, 0.29) is 0 Å². The maximum absolute atomic E-state index is 5.82. The lowest BCUT2D eigenvalue weighted by Gasteiger charge is -2.29. The molecule has 2 heterocycles. The van der Waals surface area contributed by atoms with Crippen LogP contribution in [0.25, 0.3) is 0 Å². The highest BCUT2D eigenvalue weighted by atomic mass is 32.2. The van der Waals surface area contributed by atoms with Crippen LogP contribution in [0.4, 0.5) is 0 Å². The Morgan fingerprint density at radius 2 is 2.59 bits per heavy atom. The normalized spacial score (nSPS) is 22.6. The number of rotatable bonds is 5. The molecule has 0 bridgehead atoms. The van der Waals surface area contributed by atoms with E-state index in [0.29, 0.717) is 12.1 Å². The molecule has 2 rings (SSSR count). The van der Waals surface area contributed by atoms with Crippen molar-refractivity contribution < 1.29 is 4.74 Å². The molecule has 2 atom stereocenters. The van der Waals surface area contributed by atoms with Crippen LogP contribution in [0.1, 0.15) is 12.2 Å². The zero-order valence-corrected chi connectivity index (χ0v) is 11.4. The topological polar surface area (TPSA) is 39.1 Å². The van der Waals surface area contributed by atoms with Gasteiger partial charge in [0.1, 0.15) is 5.82 Å². The number of hydrogen-bond donors (Lipinski definition) is 1. The van der Waals surface area contributed by atoms with Gasteiger partial charge in [-0.2, -0.15) is 11.8 Å². The molecule has 0 saturated carbocycles. The largest absolute Gasteiger partial charge is 0.375 e. The first-order valence-corrected chi connectivity index (χ1v) is 7.29. The lowest BCUT2D eigenvalue weighted by atomic mass is 10.1. The first-order chi connectivity index (χ1) is 8.31. The highest BCUT2D eigenvalue weighted by Gasteiger charge is 2.23. The number of aromatic nitrogens is 2. The second-order valence-electron chi connectivity index (χ2n) is 4.37. The Labute approximate surface area is 107 Å². The number of imidazole rings is 1. The second kappa shape index (κ2) is 6.42. The van der Waals surface area contributed by atoms with Crippen molar-refractivity contribution in [2.75, 3.05) is 25.2 Å². The van der Waals surface area contributed by atoms with E-state index < -0.39 is 0 Å². The second-order valence-corrected chi connectivity index (χ2v) is 5.52. The van der Waals surface area contributed by atoms with Crippen molar-refractivity contribution in [2.24, 2.45) is 7.05 Å². The maximum atomic E-state index is 5.82. The van der Waals surface area contributed by atoms with E-state index in [9.17, 15) is 0 Å². The third kappa shape index (κ3) is 3.47. The standard InChI is InChI=1S/C12H21N3OS/c1-13-10(11-9-17-8-7-16-11)3-4-12-14-5-6-15(12)2/h5-6,10-11,13H,3-4,7-9H2,1-2H3. The van der Waals surface area contributed by atoms with Gasteiger partial charge in [-0.1, -0.05) is 0 Å². The Kier molecular flexibility index (Phi) is 4.88. The third-order valence-corrected chi connectivity index (χ3v) is 4.28. The van der Waals surface area contributed by atoms with Gasteiger partial charge in [0, 0.05) is 43.4 Å². The Morgan fingerprint density at radius 3 is 3.18 bits per heavy atom. The molecule has 0 radical (unpaired) electrons. The van der Waals surface area contributed by atoms with Crippen LogP contribution in [0.3, 0.4) is 0 Å². The minimum atomic E-state index is 0.346. The molecule has 2 unspecified atom stereocenters. The Morgan fingerprint density at radius 1 is 1.71 bits per heavy atom. The number of hydrogen-bond acceptors (Lipinski definition) is 4. The molecule has 0 aliphatic carbocycles. The SMILES string of the molecule is CNC(CCc1nccn1C)C1CSCCO1. The van der Waals surface area contributed by atoms with E-state index >= 15 is 0 Å². The van der Waals surface area contributed by atoms with Crippen molar-refractivity contribution in [1.29, 1.82) is 0 Å². The molecule has 1 aromatic heterocycles. The summed E-state index contributed by atoms with van der Waals surface area (Å²) >= 11 is 1.99. The average molecular weight is 255 g/mol. The molecule has 1 fully saturated rings. The van der Waals surface area contributed by atoms with E-state index in [1.807, 2.05) is 38.3 Å². The van der Waals surface area contributed by atoms with Crippen LogP contribution in [-0.4, -0.2) is 46.9 Å². The zero-order valence-electron chi connectivity index (χ0n) is 10.6. The fraction of sp³-hybridized carbons (Fsp3) is 0.750. The first kappa shape index (κ1) is 12.9. The smallest absolute Gasteiger partial charge is 0.108 e. The number of thioether (sulfide) groups is 1. The van der Waals surface area contributed by atoms with Gasteiger partial charge in [-0.25, -0.2) is 4.98 Å². The van der Waals surface area contributed by atoms with Gasteiger partial charge in [-0.05, 0) is 13.5 Å². The Hall–Kier alpha value is -0.520. The molecule has 1 aliphatic rings. The molecule has 1 N–H and O–H groups in total. The number of aryl methyl sites for hydroxylation is 2. The van der Waals surface area contributed by atoms with Crippen molar-refractivity contribution in [3.8, 4) is 0 Å². The molecule has 0 aromatic carbocycles. The number of nitrogens with one attached hydrogen (secondary N) is 1. The number of likely N-dealkylation sites (N-methyl/N-ethyl adjacent to an activating group) is 1. The summed E-state index contributed by atoms with van der Waals surface area (Å²) in [7, 11) is 4.06. The van der Waals surface area contributed by atoms with Crippen molar-refractivity contribution >= 4 is 11.8 Å². The van der Waals surface area contributed by atoms with Gasteiger partial charge in [-0.15, -0.1) is 0 Å². The highest BCUT2D eigenvalue weighted by molar-refractivity contribution is 7.99. The maximum Gasteiger partial charge on any atom is 0.108 e. The lowest BCUT2D eigenvalue weighted by molar-refractivity contribution is 0.0468. The van der Waals surface area contributed by atoms with Gasteiger partial charge in [0.25, 0.3) is 0 Å². The molecule has 1 aromatic rings. The summed E-state index contributed by atoms with van der Waals surface area (Å²) in [5.74, 6) is 3.38. The van der Waals surface area contributed by atoms with E-state index in [1.165, 1.54) is 0 Å². The van der Waals surface area contributed by atoms with Gasteiger partial charge in [0.2, 0.25) is 0 Å². The highest BCUT2D eigenvalue weighted by Crippen LogP contribution is 2.18. The summed E-state index contributed by atoms with van der Waals surface area (Å²) in [6, 6.07) is 0.430. The van der Waals surface area contributed by atoms with Gasteiger partial charge in [0.05, 0.1) is 12.7 Å². The molecule has 96 valence electrons. The number of nitrogens with zero attached hydrogens (tertiary/aromatic N) is 2. The van der Waals surface area contributed by atoms with Gasteiger partial charge in [-0.3, -0.25) is 0 Å². The minimum absolute atomic E-state index is 0.346. The lowest BCUT2D eigenvalue weighted by Crippen LogP contribution is -2.43. The fourth-order valence-electron chi connectivity index (χ4n) is 2.18. The van der Waals surface area contributed by atoms with Crippen molar-refractivity contribution in [3.63, 3.8) is 0 Å². The molecule has 5 heteroatoms. The van der Waals surface area contributed by atoms with Crippen LogP contribution in [-0.2, 0) is 18.2 Å². The summed E-state index contributed by atoms with van der Waals surface area (Å²) in [6.07, 6.45) is 6.28. The zero-order chi connectivity index (χ0) is 12.1.